The Morgan fingerprint density at radius 3 is 2.67 bits per heavy atom. The maximum absolute atomic E-state index is 12.1. The second kappa shape index (κ2) is 6.55. The Hall–Kier alpha value is -0.580. The molecule has 4 nitrogen and oxygen atoms in total. The topological polar surface area (TPSA) is 49.4 Å². The van der Waals surface area contributed by atoms with E-state index in [1.807, 2.05) is 0 Å². The molecule has 1 heterocycles. The van der Waals surface area contributed by atoms with Crippen molar-refractivity contribution in [2.75, 3.05) is 11.9 Å². The molecule has 2 fully saturated rings. The number of amides is 2. The van der Waals surface area contributed by atoms with Crippen molar-refractivity contribution < 1.29 is 9.59 Å². The first-order valence-electron chi connectivity index (χ1n) is 6.88. The fourth-order valence-electron chi connectivity index (χ4n) is 2.38. The van der Waals surface area contributed by atoms with Crippen molar-refractivity contribution >= 4 is 27.7 Å². The highest BCUT2D eigenvalue weighted by atomic mass is 79.9. The Morgan fingerprint density at radius 2 is 2.00 bits per heavy atom. The molecule has 0 spiro atoms. The summed E-state index contributed by atoms with van der Waals surface area (Å²) < 4.78 is 0. The molecule has 18 heavy (non-hydrogen) atoms. The average Bonchev–Trinajstić information content (AvgIpc) is 3.02. The Balaban J connectivity index is 1.81. The summed E-state index contributed by atoms with van der Waals surface area (Å²) in [6, 6.07) is 0.172. The van der Waals surface area contributed by atoms with Crippen LogP contribution in [-0.4, -0.2) is 40.7 Å². The maximum atomic E-state index is 12.1. The predicted octanol–water partition coefficient (Wildman–Crippen LogP) is 1.82. The average molecular weight is 317 g/mol. The summed E-state index contributed by atoms with van der Waals surface area (Å²) >= 11 is 3.36. The third kappa shape index (κ3) is 3.70. The lowest BCUT2D eigenvalue weighted by Crippen LogP contribution is -2.46. The van der Waals surface area contributed by atoms with Crippen LogP contribution in [-0.2, 0) is 9.59 Å². The maximum Gasteiger partial charge on any atom is 0.243 e. The SMILES string of the molecule is O=C(NC1CC1)C1CCCN1C(=O)CCCCBr. The van der Waals surface area contributed by atoms with Crippen LogP contribution in [0.3, 0.4) is 0 Å². The highest BCUT2D eigenvalue weighted by molar-refractivity contribution is 9.09. The second-order valence-electron chi connectivity index (χ2n) is 5.17. The first-order valence-corrected chi connectivity index (χ1v) is 8.00. The molecule has 1 unspecified atom stereocenters. The molecule has 1 saturated carbocycles. The van der Waals surface area contributed by atoms with Crippen LogP contribution < -0.4 is 5.32 Å². The van der Waals surface area contributed by atoms with Gasteiger partial charge in [0.05, 0.1) is 0 Å². The van der Waals surface area contributed by atoms with Crippen molar-refractivity contribution in [1.82, 2.24) is 10.2 Å². The minimum Gasteiger partial charge on any atom is -0.352 e. The summed E-state index contributed by atoms with van der Waals surface area (Å²) in [5.41, 5.74) is 0. The normalized spacial score (nSPS) is 23.2. The zero-order valence-corrected chi connectivity index (χ0v) is 12.2. The van der Waals surface area contributed by atoms with Gasteiger partial charge < -0.3 is 10.2 Å². The van der Waals surface area contributed by atoms with Gasteiger partial charge in [-0.25, -0.2) is 0 Å². The zero-order valence-electron chi connectivity index (χ0n) is 10.7. The third-order valence-corrected chi connectivity index (χ3v) is 4.13. The van der Waals surface area contributed by atoms with E-state index >= 15 is 0 Å². The molecule has 0 aromatic carbocycles. The number of alkyl halides is 1. The van der Waals surface area contributed by atoms with Crippen molar-refractivity contribution in [2.24, 2.45) is 0 Å². The first-order chi connectivity index (χ1) is 8.72. The smallest absolute Gasteiger partial charge is 0.243 e. The van der Waals surface area contributed by atoms with Crippen molar-refractivity contribution in [2.45, 2.75) is 57.0 Å². The van der Waals surface area contributed by atoms with Gasteiger partial charge in [0.2, 0.25) is 11.8 Å². The quantitative estimate of drug-likeness (QED) is 0.600. The van der Waals surface area contributed by atoms with E-state index in [1.165, 1.54) is 0 Å². The van der Waals surface area contributed by atoms with Gasteiger partial charge in [0.1, 0.15) is 6.04 Å². The van der Waals surface area contributed by atoms with Crippen LogP contribution in [0.1, 0.15) is 44.9 Å². The standard InChI is InChI=1S/C13H21BrN2O2/c14-8-2-1-5-12(17)16-9-3-4-11(16)13(18)15-10-6-7-10/h10-11H,1-9H2,(H,15,18). The summed E-state index contributed by atoms with van der Waals surface area (Å²) in [5, 5.41) is 3.94. The minimum absolute atomic E-state index is 0.0591. The van der Waals surface area contributed by atoms with Crippen molar-refractivity contribution in [3.8, 4) is 0 Å². The summed E-state index contributed by atoms with van der Waals surface area (Å²) in [5.74, 6) is 0.202. The molecule has 1 saturated heterocycles. The van der Waals surface area contributed by atoms with Gasteiger partial charge in [0.25, 0.3) is 0 Å². The van der Waals surface area contributed by atoms with E-state index in [2.05, 4.69) is 21.2 Å². The van der Waals surface area contributed by atoms with Gasteiger partial charge in [-0.05, 0) is 38.5 Å². The lowest BCUT2D eigenvalue weighted by Gasteiger charge is -2.24. The van der Waals surface area contributed by atoms with Crippen LogP contribution in [0.5, 0.6) is 0 Å². The van der Waals surface area contributed by atoms with E-state index in [1.54, 1.807) is 4.90 Å². The Morgan fingerprint density at radius 1 is 1.22 bits per heavy atom. The van der Waals surface area contributed by atoms with E-state index < -0.39 is 0 Å². The molecular weight excluding hydrogens is 296 g/mol. The Labute approximate surface area is 117 Å². The zero-order chi connectivity index (χ0) is 13.0. The predicted molar refractivity (Wildman–Crippen MR) is 73.5 cm³/mol. The Bertz CT molecular complexity index is 318. The molecule has 0 aromatic rings. The van der Waals surface area contributed by atoms with E-state index in [0.717, 1.165) is 50.4 Å². The molecule has 1 aliphatic heterocycles. The number of hydrogen-bond donors (Lipinski definition) is 1. The highest BCUT2D eigenvalue weighted by Gasteiger charge is 2.35. The van der Waals surface area contributed by atoms with Crippen LogP contribution in [0.15, 0.2) is 0 Å². The van der Waals surface area contributed by atoms with Crippen LogP contribution in [0.25, 0.3) is 0 Å². The molecule has 1 atom stereocenters. The van der Waals surface area contributed by atoms with Gasteiger partial charge in [-0.15, -0.1) is 0 Å². The lowest BCUT2D eigenvalue weighted by atomic mass is 10.2. The van der Waals surface area contributed by atoms with Crippen molar-refractivity contribution in [1.29, 1.82) is 0 Å². The number of hydrogen-bond acceptors (Lipinski definition) is 2. The van der Waals surface area contributed by atoms with Crippen molar-refractivity contribution in [3.63, 3.8) is 0 Å². The summed E-state index contributed by atoms with van der Waals surface area (Å²) in [7, 11) is 0. The molecule has 0 bridgehead atoms. The van der Waals surface area contributed by atoms with Gasteiger partial charge >= 0.3 is 0 Å². The molecular formula is C13H21BrN2O2. The monoisotopic (exact) mass is 316 g/mol. The molecule has 0 radical (unpaired) electrons. The molecule has 1 N–H and O–H groups in total. The van der Waals surface area contributed by atoms with Crippen molar-refractivity contribution in [3.05, 3.63) is 0 Å². The highest BCUT2D eigenvalue weighted by Crippen LogP contribution is 2.23. The van der Waals surface area contributed by atoms with E-state index in [4.69, 9.17) is 0 Å². The van der Waals surface area contributed by atoms with Crippen LogP contribution >= 0.6 is 15.9 Å². The fraction of sp³-hybridized carbons (Fsp3) is 0.846. The van der Waals surface area contributed by atoms with Crippen LogP contribution in [0.2, 0.25) is 0 Å². The molecule has 2 aliphatic rings. The first kappa shape index (κ1) is 13.8. The second-order valence-corrected chi connectivity index (χ2v) is 5.97. The Kier molecular flexibility index (Phi) is 5.03. The molecule has 2 rings (SSSR count). The largest absolute Gasteiger partial charge is 0.352 e. The van der Waals surface area contributed by atoms with Gasteiger partial charge in [0.15, 0.2) is 0 Å². The molecule has 5 heteroatoms. The molecule has 0 aromatic heterocycles. The molecule has 1 aliphatic carbocycles. The summed E-state index contributed by atoms with van der Waals surface area (Å²) in [6.45, 7) is 0.746. The van der Waals surface area contributed by atoms with Gasteiger partial charge in [-0.3, -0.25) is 9.59 Å². The summed E-state index contributed by atoms with van der Waals surface area (Å²) in [4.78, 5) is 25.9. The van der Waals surface area contributed by atoms with E-state index in [0.29, 0.717) is 12.5 Å². The number of nitrogens with zero attached hydrogens (tertiary/aromatic N) is 1. The van der Waals surface area contributed by atoms with E-state index in [-0.39, 0.29) is 17.9 Å². The number of nitrogens with one attached hydrogen (secondary N) is 1. The number of likely N-dealkylation sites (tertiary alicyclic amines) is 1. The molecule has 2 amide bonds. The van der Waals surface area contributed by atoms with Crippen LogP contribution in [0.4, 0.5) is 0 Å². The van der Waals surface area contributed by atoms with E-state index in [9.17, 15) is 9.59 Å². The van der Waals surface area contributed by atoms with Gasteiger partial charge in [-0.1, -0.05) is 15.9 Å². The van der Waals surface area contributed by atoms with Gasteiger partial charge in [0, 0.05) is 24.3 Å². The number of halogens is 1. The lowest BCUT2D eigenvalue weighted by molar-refractivity contribution is -0.138. The summed E-state index contributed by atoms with van der Waals surface area (Å²) in [6.07, 6.45) is 6.44. The number of unbranched alkanes of at least 4 members (excludes halogenated alkanes) is 1. The molecule has 102 valence electrons. The van der Waals surface area contributed by atoms with Gasteiger partial charge in [-0.2, -0.15) is 0 Å². The van der Waals surface area contributed by atoms with Crippen LogP contribution in [0, 0.1) is 0 Å². The number of rotatable bonds is 6. The number of carbonyl (C=O) groups excluding carboxylic acids is 2. The number of carbonyl (C=O) groups is 2. The third-order valence-electron chi connectivity index (χ3n) is 3.57. The minimum atomic E-state index is -0.206. The fourth-order valence-corrected chi connectivity index (χ4v) is 2.77.